The molecule has 110 valence electrons. The molecule has 1 atom stereocenters. The van der Waals surface area contributed by atoms with Gasteiger partial charge in [0.2, 0.25) is 0 Å². The maximum atomic E-state index is 6.33. The summed E-state index contributed by atoms with van der Waals surface area (Å²) in [4.78, 5) is 2.06. The minimum Gasteiger partial charge on any atom is -0.486 e. The molecular weight excluding hydrogens is 306 g/mol. The molecule has 0 bridgehead atoms. The third kappa shape index (κ3) is 3.28. The van der Waals surface area contributed by atoms with Gasteiger partial charge in [0.05, 0.1) is 5.02 Å². The molecule has 0 amide bonds. The molecule has 0 radical (unpaired) electrons. The molecule has 0 spiro atoms. The highest BCUT2D eigenvalue weighted by Crippen LogP contribution is 2.39. The van der Waals surface area contributed by atoms with E-state index in [-0.39, 0.29) is 6.04 Å². The second kappa shape index (κ2) is 6.18. The zero-order valence-corrected chi connectivity index (χ0v) is 13.2. The van der Waals surface area contributed by atoms with Crippen LogP contribution in [0.15, 0.2) is 46.2 Å². The van der Waals surface area contributed by atoms with Gasteiger partial charge in [0.1, 0.15) is 13.2 Å². The maximum Gasteiger partial charge on any atom is 0.162 e. The fourth-order valence-electron chi connectivity index (χ4n) is 2.10. The maximum absolute atomic E-state index is 6.33. The first-order valence-corrected chi connectivity index (χ1v) is 7.95. The van der Waals surface area contributed by atoms with Crippen molar-refractivity contribution in [1.29, 1.82) is 0 Å². The van der Waals surface area contributed by atoms with E-state index in [0.29, 0.717) is 18.2 Å². The Kier molecular flexibility index (Phi) is 4.29. The molecule has 1 aliphatic heterocycles. The third-order valence-corrected chi connectivity index (χ3v) is 4.71. The molecule has 0 saturated carbocycles. The Labute approximate surface area is 133 Å². The average molecular weight is 322 g/mol. The van der Waals surface area contributed by atoms with Crippen LogP contribution in [-0.2, 0) is 0 Å². The summed E-state index contributed by atoms with van der Waals surface area (Å²) < 4.78 is 11.1. The van der Waals surface area contributed by atoms with Crippen molar-refractivity contribution in [2.24, 2.45) is 5.73 Å². The minimum atomic E-state index is -0.0177. The predicted molar refractivity (Wildman–Crippen MR) is 85.6 cm³/mol. The Hall–Kier alpha value is -1.36. The van der Waals surface area contributed by atoms with Crippen molar-refractivity contribution in [1.82, 2.24) is 0 Å². The van der Waals surface area contributed by atoms with Crippen LogP contribution in [0.1, 0.15) is 18.5 Å². The van der Waals surface area contributed by atoms with E-state index >= 15 is 0 Å². The number of benzene rings is 2. The summed E-state index contributed by atoms with van der Waals surface area (Å²) in [6.45, 7) is 3.13. The third-order valence-electron chi connectivity index (χ3n) is 3.22. The van der Waals surface area contributed by atoms with Gasteiger partial charge in [0.25, 0.3) is 0 Å². The van der Waals surface area contributed by atoms with Crippen LogP contribution >= 0.6 is 23.4 Å². The highest BCUT2D eigenvalue weighted by Gasteiger charge is 2.13. The zero-order valence-electron chi connectivity index (χ0n) is 11.6. The highest BCUT2D eigenvalue weighted by molar-refractivity contribution is 7.99. The summed E-state index contributed by atoms with van der Waals surface area (Å²) in [6.07, 6.45) is 0. The number of halogens is 1. The van der Waals surface area contributed by atoms with Crippen LogP contribution in [0.5, 0.6) is 11.5 Å². The molecule has 3 nitrogen and oxygen atoms in total. The zero-order chi connectivity index (χ0) is 14.8. The molecule has 5 heteroatoms. The van der Waals surface area contributed by atoms with Crippen molar-refractivity contribution in [3.05, 3.63) is 47.0 Å². The quantitative estimate of drug-likeness (QED) is 0.916. The Bertz CT molecular complexity index is 661. The largest absolute Gasteiger partial charge is 0.486 e. The average Bonchev–Trinajstić information content (AvgIpc) is 2.49. The van der Waals surface area contributed by atoms with E-state index in [1.165, 1.54) is 0 Å². The second-order valence-corrected chi connectivity index (χ2v) is 6.41. The van der Waals surface area contributed by atoms with Crippen molar-refractivity contribution in [3.63, 3.8) is 0 Å². The van der Waals surface area contributed by atoms with Crippen molar-refractivity contribution in [2.75, 3.05) is 13.2 Å². The summed E-state index contributed by atoms with van der Waals surface area (Å²) in [5.41, 5.74) is 6.90. The second-order valence-electron chi connectivity index (χ2n) is 4.89. The predicted octanol–water partition coefficient (Wildman–Crippen LogP) is 4.28. The standard InChI is InChI=1S/C16H16ClNO2S/c1-10(18)11-2-5-16(13(17)8-11)21-12-3-4-14-15(9-12)20-7-6-19-14/h2-5,8-10H,6-7,18H2,1H3/t10-/m1/s1. The lowest BCUT2D eigenvalue weighted by Crippen LogP contribution is -2.15. The molecule has 0 saturated heterocycles. The van der Waals surface area contributed by atoms with Gasteiger partial charge in [0, 0.05) is 15.8 Å². The highest BCUT2D eigenvalue weighted by atomic mass is 35.5. The molecular formula is C16H16ClNO2S. The van der Waals surface area contributed by atoms with Crippen LogP contribution in [-0.4, -0.2) is 13.2 Å². The molecule has 1 aliphatic rings. The van der Waals surface area contributed by atoms with E-state index in [9.17, 15) is 0 Å². The fourth-order valence-corrected chi connectivity index (χ4v) is 3.25. The number of rotatable bonds is 3. The van der Waals surface area contributed by atoms with Crippen LogP contribution in [0.2, 0.25) is 5.02 Å². The lowest BCUT2D eigenvalue weighted by Gasteiger charge is -2.18. The number of fused-ring (bicyclic) bond motifs is 1. The van der Waals surface area contributed by atoms with Crippen LogP contribution < -0.4 is 15.2 Å². The Morgan fingerprint density at radius 2 is 1.86 bits per heavy atom. The molecule has 2 aromatic carbocycles. The van der Waals surface area contributed by atoms with Crippen molar-refractivity contribution >= 4 is 23.4 Å². The molecule has 3 rings (SSSR count). The lowest BCUT2D eigenvalue weighted by molar-refractivity contribution is 0.171. The summed E-state index contributed by atoms with van der Waals surface area (Å²) in [5.74, 6) is 1.58. The van der Waals surface area contributed by atoms with E-state index in [1.807, 2.05) is 43.3 Å². The van der Waals surface area contributed by atoms with Crippen LogP contribution in [0, 0.1) is 0 Å². The summed E-state index contributed by atoms with van der Waals surface area (Å²) in [7, 11) is 0. The molecule has 0 unspecified atom stereocenters. The van der Waals surface area contributed by atoms with Crippen LogP contribution in [0.25, 0.3) is 0 Å². The number of hydrogen-bond donors (Lipinski definition) is 1. The van der Waals surface area contributed by atoms with Crippen LogP contribution in [0.3, 0.4) is 0 Å². The van der Waals surface area contributed by atoms with E-state index < -0.39 is 0 Å². The Morgan fingerprint density at radius 1 is 1.10 bits per heavy atom. The van der Waals surface area contributed by atoms with Gasteiger partial charge in [-0.2, -0.15) is 0 Å². The summed E-state index contributed by atoms with van der Waals surface area (Å²) in [6, 6.07) is 11.8. The summed E-state index contributed by atoms with van der Waals surface area (Å²) >= 11 is 7.93. The Balaban J connectivity index is 1.83. The van der Waals surface area contributed by atoms with Gasteiger partial charge in [-0.05, 0) is 42.8 Å². The summed E-state index contributed by atoms with van der Waals surface area (Å²) in [5, 5.41) is 0.713. The monoisotopic (exact) mass is 321 g/mol. The normalized spacial score (nSPS) is 14.8. The number of ether oxygens (including phenoxy) is 2. The van der Waals surface area contributed by atoms with E-state index in [1.54, 1.807) is 11.8 Å². The minimum absolute atomic E-state index is 0.0177. The molecule has 2 aromatic rings. The van der Waals surface area contributed by atoms with Crippen LogP contribution in [0.4, 0.5) is 0 Å². The molecule has 0 aliphatic carbocycles. The molecule has 21 heavy (non-hydrogen) atoms. The lowest BCUT2D eigenvalue weighted by atomic mass is 10.1. The van der Waals surface area contributed by atoms with Gasteiger partial charge in [-0.15, -0.1) is 0 Å². The van der Waals surface area contributed by atoms with Gasteiger partial charge in [-0.3, -0.25) is 0 Å². The van der Waals surface area contributed by atoms with E-state index in [4.69, 9.17) is 26.8 Å². The van der Waals surface area contributed by atoms with Gasteiger partial charge in [0.15, 0.2) is 11.5 Å². The van der Waals surface area contributed by atoms with Gasteiger partial charge < -0.3 is 15.2 Å². The Morgan fingerprint density at radius 3 is 2.57 bits per heavy atom. The first-order chi connectivity index (χ1) is 10.1. The first-order valence-electron chi connectivity index (χ1n) is 6.76. The topological polar surface area (TPSA) is 44.5 Å². The first kappa shape index (κ1) is 14.6. The molecule has 0 aromatic heterocycles. The molecule has 2 N–H and O–H groups in total. The molecule has 1 heterocycles. The van der Waals surface area contributed by atoms with Crippen molar-refractivity contribution in [2.45, 2.75) is 22.8 Å². The van der Waals surface area contributed by atoms with E-state index in [0.717, 1.165) is 26.9 Å². The SMILES string of the molecule is C[C@@H](N)c1ccc(Sc2ccc3c(c2)OCCO3)c(Cl)c1. The molecule has 0 fully saturated rings. The number of nitrogens with two attached hydrogens (primary N) is 1. The number of hydrogen-bond acceptors (Lipinski definition) is 4. The van der Waals surface area contributed by atoms with Gasteiger partial charge >= 0.3 is 0 Å². The fraction of sp³-hybridized carbons (Fsp3) is 0.250. The van der Waals surface area contributed by atoms with Gasteiger partial charge in [-0.1, -0.05) is 29.4 Å². The van der Waals surface area contributed by atoms with Crippen molar-refractivity contribution < 1.29 is 9.47 Å². The van der Waals surface area contributed by atoms with Crippen molar-refractivity contribution in [3.8, 4) is 11.5 Å². The smallest absolute Gasteiger partial charge is 0.162 e. The van der Waals surface area contributed by atoms with Gasteiger partial charge in [-0.25, -0.2) is 0 Å². The van der Waals surface area contributed by atoms with E-state index in [2.05, 4.69) is 0 Å².